The number of carbonyl (C=O) groups excluding carboxylic acids is 1. The van der Waals surface area contributed by atoms with Crippen LogP contribution in [0, 0.1) is 0 Å². The number of phenolic OH excluding ortho intramolecular Hbond substituents is 1. The molecule has 0 aliphatic carbocycles. The molecule has 7 nitrogen and oxygen atoms in total. The first-order chi connectivity index (χ1) is 13.5. The summed E-state index contributed by atoms with van der Waals surface area (Å²) in [6.45, 7) is 12.1. The van der Waals surface area contributed by atoms with E-state index < -0.39 is 0 Å². The highest BCUT2D eigenvalue weighted by Crippen LogP contribution is 2.39. The second kappa shape index (κ2) is 7.31. The fourth-order valence-corrected chi connectivity index (χ4v) is 3.14. The van der Waals surface area contributed by atoms with Gasteiger partial charge in [0, 0.05) is 27.9 Å². The predicted octanol–water partition coefficient (Wildman–Crippen LogP) is 4.42. The lowest BCUT2D eigenvalue weighted by Crippen LogP contribution is -2.20. The normalized spacial score (nSPS) is 12.1. The van der Waals surface area contributed by atoms with Crippen molar-refractivity contribution in [3.05, 3.63) is 53.1 Å². The minimum absolute atomic E-state index is 0.242. The fourth-order valence-electron chi connectivity index (χ4n) is 3.14. The van der Waals surface area contributed by atoms with Crippen molar-refractivity contribution in [1.82, 2.24) is 20.6 Å². The van der Waals surface area contributed by atoms with Gasteiger partial charge in [0.25, 0.3) is 5.91 Å². The van der Waals surface area contributed by atoms with Crippen LogP contribution < -0.4 is 5.32 Å². The first-order valence-electron chi connectivity index (χ1n) is 9.50. The first-order valence-corrected chi connectivity index (χ1v) is 9.50. The van der Waals surface area contributed by atoms with Crippen LogP contribution in [0.3, 0.4) is 0 Å². The summed E-state index contributed by atoms with van der Waals surface area (Å²) in [5, 5.41) is 27.5. The number of hydrogen-bond acceptors (Lipinski definition) is 5. The molecule has 0 saturated carbocycles. The average molecular weight is 393 g/mol. The number of phenols is 1. The van der Waals surface area contributed by atoms with E-state index in [4.69, 9.17) is 0 Å². The van der Waals surface area contributed by atoms with Gasteiger partial charge in [-0.15, -0.1) is 5.10 Å². The second-order valence-corrected chi connectivity index (χ2v) is 9.20. The van der Waals surface area contributed by atoms with Gasteiger partial charge in [0.05, 0.1) is 0 Å². The molecule has 7 heteroatoms. The molecule has 1 heterocycles. The smallest absolute Gasteiger partial charge is 0.255 e. The molecule has 2 aromatic carbocycles. The fraction of sp³-hybridized carbons (Fsp3) is 0.364. The minimum Gasteiger partial charge on any atom is -0.507 e. The largest absolute Gasteiger partial charge is 0.507 e. The molecule has 29 heavy (non-hydrogen) atoms. The number of aromatic nitrogens is 4. The highest BCUT2D eigenvalue weighted by Gasteiger charge is 2.27. The van der Waals surface area contributed by atoms with Crippen molar-refractivity contribution in [2.75, 3.05) is 5.32 Å². The van der Waals surface area contributed by atoms with Crippen LogP contribution in [0.1, 0.15) is 63.0 Å². The maximum Gasteiger partial charge on any atom is 0.255 e. The van der Waals surface area contributed by atoms with E-state index >= 15 is 0 Å². The number of nitrogens with one attached hydrogen (secondary N) is 2. The summed E-state index contributed by atoms with van der Waals surface area (Å²) in [6, 6.07) is 10.8. The zero-order valence-electron chi connectivity index (χ0n) is 17.7. The molecule has 0 aliphatic rings. The van der Waals surface area contributed by atoms with E-state index in [1.807, 2.05) is 53.7 Å². The Morgan fingerprint density at radius 2 is 1.62 bits per heavy atom. The van der Waals surface area contributed by atoms with Crippen molar-refractivity contribution in [2.45, 2.75) is 52.4 Å². The molecular weight excluding hydrogens is 366 g/mol. The lowest BCUT2D eigenvalue weighted by Gasteiger charge is -2.28. The standard InChI is InChI=1S/C22H27N5O2/c1-21(2,3)16-11-14(12-17(18(16)28)22(4,5)6)20(29)23-15-9-7-8-13(10-15)19-24-26-27-25-19/h7-12,28H,1-6H3,(H,23,29)(H,24,25,26,27). The number of benzene rings is 2. The Balaban J connectivity index is 1.98. The molecule has 0 atom stereocenters. The van der Waals surface area contributed by atoms with E-state index in [0.717, 1.165) is 16.7 Å². The SMILES string of the molecule is CC(C)(C)c1cc(C(=O)Nc2cccc(-c3nnn[nH]3)c2)cc(C(C)(C)C)c1O. The Labute approximate surface area is 170 Å². The molecule has 3 N–H and O–H groups in total. The van der Waals surface area contributed by atoms with Gasteiger partial charge in [0.1, 0.15) is 5.75 Å². The molecule has 0 fully saturated rings. The molecule has 0 radical (unpaired) electrons. The number of carbonyl (C=O) groups is 1. The number of aromatic amines is 1. The van der Waals surface area contributed by atoms with Gasteiger partial charge in [-0.3, -0.25) is 4.79 Å². The molecule has 0 saturated heterocycles. The van der Waals surface area contributed by atoms with Gasteiger partial charge in [-0.25, -0.2) is 5.10 Å². The average Bonchev–Trinajstić information content (AvgIpc) is 3.14. The van der Waals surface area contributed by atoms with Gasteiger partial charge in [0.2, 0.25) is 0 Å². The van der Waals surface area contributed by atoms with E-state index in [-0.39, 0.29) is 22.5 Å². The summed E-state index contributed by atoms with van der Waals surface area (Å²) >= 11 is 0. The Bertz CT molecular complexity index is 993. The van der Waals surface area contributed by atoms with Crippen molar-refractivity contribution in [3.63, 3.8) is 0 Å². The minimum atomic E-state index is -0.306. The van der Waals surface area contributed by atoms with E-state index in [1.54, 1.807) is 24.3 Å². The van der Waals surface area contributed by atoms with Gasteiger partial charge in [-0.05, 0) is 45.5 Å². The zero-order valence-corrected chi connectivity index (χ0v) is 17.7. The van der Waals surface area contributed by atoms with Crippen LogP contribution in [-0.4, -0.2) is 31.6 Å². The van der Waals surface area contributed by atoms with E-state index in [0.29, 0.717) is 17.1 Å². The number of rotatable bonds is 3. The number of hydrogen-bond donors (Lipinski definition) is 3. The van der Waals surface area contributed by atoms with Gasteiger partial charge in [-0.2, -0.15) is 0 Å². The lowest BCUT2D eigenvalue weighted by atomic mass is 9.78. The Morgan fingerprint density at radius 3 is 2.14 bits per heavy atom. The maximum atomic E-state index is 13.0. The van der Waals surface area contributed by atoms with Crippen molar-refractivity contribution in [1.29, 1.82) is 0 Å². The third-order valence-electron chi connectivity index (χ3n) is 4.73. The third-order valence-corrected chi connectivity index (χ3v) is 4.73. The zero-order chi connectivity index (χ0) is 21.4. The van der Waals surface area contributed by atoms with Crippen LogP contribution >= 0.6 is 0 Å². The molecule has 0 unspecified atom stereocenters. The molecule has 3 aromatic rings. The van der Waals surface area contributed by atoms with Crippen molar-refractivity contribution in [2.24, 2.45) is 0 Å². The topological polar surface area (TPSA) is 104 Å². The van der Waals surface area contributed by atoms with Crippen LogP contribution in [0.5, 0.6) is 5.75 Å². The summed E-state index contributed by atoms with van der Waals surface area (Å²) in [6.07, 6.45) is 0. The quantitative estimate of drug-likeness (QED) is 0.611. The van der Waals surface area contributed by atoms with Crippen LogP contribution in [0.25, 0.3) is 11.4 Å². The molecule has 3 rings (SSSR count). The summed E-state index contributed by atoms with van der Waals surface area (Å²) < 4.78 is 0. The third kappa shape index (κ3) is 4.45. The molecule has 0 aliphatic heterocycles. The van der Waals surface area contributed by atoms with Gasteiger partial charge in [0.15, 0.2) is 5.82 Å². The van der Waals surface area contributed by atoms with Gasteiger partial charge in [-0.1, -0.05) is 53.7 Å². The van der Waals surface area contributed by atoms with Crippen LogP contribution in [-0.2, 0) is 10.8 Å². The predicted molar refractivity (Wildman–Crippen MR) is 113 cm³/mol. The monoisotopic (exact) mass is 393 g/mol. The van der Waals surface area contributed by atoms with Crippen LogP contribution in [0.4, 0.5) is 5.69 Å². The molecule has 0 spiro atoms. The number of nitrogens with zero attached hydrogens (tertiary/aromatic N) is 3. The Kier molecular flexibility index (Phi) is 5.17. The number of H-pyrrole nitrogens is 1. The number of tetrazole rings is 1. The Morgan fingerprint density at radius 1 is 1.00 bits per heavy atom. The van der Waals surface area contributed by atoms with Crippen molar-refractivity contribution < 1.29 is 9.90 Å². The summed E-state index contributed by atoms with van der Waals surface area (Å²) in [5.41, 5.74) is 2.78. The molecule has 1 aromatic heterocycles. The highest BCUT2D eigenvalue weighted by atomic mass is 16.3. The molecular formula is C22H27N5O2. The van der Waals surface area contributed by atoms with Crippen LogP contribution in [0.2, 0.25) is 0 Å². The van der Waals surface area contributed by atoms with Crippen LogP contribution in [0.15, 0.2) is 36.4 Å². The summed E-state index contributed by atoms with van der Waals surface area (Å²) in [4.78, 5) is 13.0. The lowest BCUT2D eigenvalue weighted by molar-refractivity contribution is 0.102. The number of anilines is 1. The van der Waals surface area contributed by atoms with Gasteiger partial charge < -0.3 is 10.4 Å². The summed E-state index contributed by atoms with van der Waals surface area (Å²) in [5.74, 6) is 0.533. The van der Waals surface area contributed by atoms with Gasteiger partial charge >= 0.3 is 0 Å². The highest BCUT2D eigenvalue weighted by molar-refractivity contribution is 6.05. The molecule has 0 bridgehead atoms. The summed E-state index contributed by atoms with van der Waals surface area (Å²) in [7, 11) is 0. The maximum absolute atomic E-state index is 13.0. The van der Waals surface area contributed by atoms with E-state index in [9.17, 15) is 9.90 Å². The number of amides is 1. The molecule has 152 valence electrons. The van der Waals surface area contributed by atoms with E-state index in [2.05, 4.69) is 25.9 Å². The van der Waals surface area contributed by atoms with E-state index in [1.165, 1.54) is 0 Å². The first kappa shape index (κ1) is 20.5. The Hall–Kier alpha value is -3.22. The van der Waals surface area contributed by atoms with Crippen molar-refractivity contribution in [3.8, 4) is 17.1 Å². The molecule has 1 amide bonds. The van der Waals surface area contributed by atoms with Crippen molar-refractivity contribution >= 4 is 11.6 Å². The second-order valence-electron chi connectivity index (χ2n) is 9.20. The number of aromatic hydroxyl groups is 1.